The second-order valence-corrected chi connectivity index (χ2v) is 6.07. The molecule has 0 saturated heterocycles. The number of hydrogen-bond donors (Lipinski definition) is 1. The average molecular weight is 388 g/mol. The van der Waals surface area contributed by atoms with Crippen LogP contribution >= 0.6 is 31.9 Å². The zero-order valence-electron chi connectivity index (χ0n) is 10.9. The molecule has 0 amide bonds. The minimum Gasteiger partial charge on any atom is -0.323 e. The highest BCUT2D eigenvalue weighted by Crippen LogP contribution is 2.27. The fourth-order valence-corrected chi connectivity index (χ4v) is 2.73. The number of rotatable bonds is 4. The first-order valence-electron chi connectivity index (χ1n) is 6.23. The smallest absolute Gasteiger partial charge is 0.103 e. The molecular weight excluding hydrogens is 372 g/mol. The lowest BCUT2D eigenvalue weighted by Crippen LogP contribution is -2.12. The van der Waals surface area contributed by atoms with E-state index in [1.165, 1.54) is 0 Å². The fraction of sp³-hybridized carbons (Fsp3) is 0.385. The van der Waals surface area contributed by atoms with Crippen molar-refractivity contribution in [1.29, 1.82) is 0 Å². The molecule has 6 heteroatoms. The van der Waals surface area contributed by atoms with Crippen LogP contribution in [0.15, 0.2) is 27.1 Å². The van der Waals surface area contributed by atoms with Crippen LogP contribution in [-0.4, -0.2) is 15.0 Å². The van der Waals surface area contributed by atoms with Gasteiger partial charge in [0.25, 0.3) is 0 Å². The Kier molecular flexibility index (Phi) is 4.76. The Bertz CT molecular complexity index is 580. The van der Waals surface area contributed by atoms with Gasteiger partial charge in [0.15, 0.2) is 0 Å². The zero-order valence-corrected chi connectivity index (χ0v) is 14.1. The lowest BCUT2D eigenvalue weighted by molar-refractivity contribution is 0.665. The SMILES string of the molecule is CCc1c(C(N)CC)nnn1-c1cc(Br)ccc1Br. The number of aromatic nitrogens is 3. The van der Waals surface area contributed by atoms with Gasteiger partial charge in [0.1, 0.15) is 5.69 Å². The fourth-order valence-electron chi connectivity index (χ4n) is 1.97. The van der Waals surface area contributed by atoms with Crippen LogP contribution in [0.25, 0.3) is 5.69 Å². The molecular formula is C13H16Br2N4. The maximum absolute atomic E-state index is 6.09. The standard InChI is InChI=1S/C13H16Br2N4/c1-3-10(16)13-11(4-2)19(18-17-13)12-7-8(14)5-6-9(12)15/h5-7,10H,3-4,16H2,1-2H3. The van der Waals surface area contributed by atoms with E-state index >= 15 is 0 Å². The molecule has 0 aliphatic heterocycles. The van der Waals surface area contributed by atoms with Crippen molar-refractivity contribution in [3.05, 3.63) is 38.5 Å². The van der Waals surface area contributed by atoms with Crippen molar-refractivity contribution >= 4 is 31.9 Å². The Hall–Kier alpha value is -0.720. The molecule has 19 heavy (non-hydrogen) atoms. The van der Waals surface area contributed by atoms with E-state index < -0.39 is 0 Å². The van der Waals surface area contributed by atoms with Crippen LogP contribution in [-0.2, 0) is 6.42 Å². The first kappa shape index (κ1) is 14.7. The van der Waals surface area contributed by atoms with Gasteiger partial charge in [-0.25, -0.2) is 4.68 Å². The van der Waals surface area contributed by atoms with Crippen LogP contribution in [0.3, 0.4) is 0 Å². The maximum Gasteiger partial charge on any atom is 0.103 e. The highest BCUT2D eigenvalue weighted by atomic mass is 79.9. The van der Waals surface area contributed by atoms with E-state index in [2.05, 4.69) is 56.0 Å². The van der Waals surface area contributed by atoms with Gasteiger partial charge in [-0.15, -0.1) is 5.10 Å². The molecule has 0 fully saturated rings. The monoisotopic (exact) mass is 386 g/mol. The molecule has 1 aromatic heterocycles. The van der Waals surface area contributed by atoms with Gasteiger partial charge in [0.05, 0.1) is 17.4 Å². The van der Waals surface area contributed by atoms with Gasteiger partial charge in [-0.1, -0.05) is 35.0 Å². The third-order valence-corrected chi connectivity index (χ3v) is 4.22. The van der Waals surface area contributed by atoms with Crippen molar-refractivity contribution in [2.24, 2.45) is 5.73 Å². The molecule has 1 aromatic carbocycles. The van der Waals surface area contributed by atoms with Gasteiger partial charge in [-0.3, -0.25) is 0 Å². The molecule has 1 atom stereocenters. The molecule has 0 aliphatic carbocycles. The van der Waals surface area contributed by atoms with E-state index in [1.807, 2.05) is 22.9 Å². The van der Waals surface area contributed by atoms with Crippen LogP contribution in [0.1, 0.15) is 37.7 Å². The molecule has 4 nitrogen and oxygen atoms in total. The first-order chi connectivity index (χ1) is 9.08. The highest BCUT2D eigenvalue weighted by molar-refractivity contribution is 9.11. The molecule has 0 spiro atoms. The molecule has 1 unspecified atom stereocenters. The van der Waals surface area contributed by atoms with Crippen molar-refractivity contribution in [2.45, 2.75) is 32.7 Å². The summed E-state index contributed by atoms with van der Waals surface area (Å²) in [5.41, 5.74) is 9.01. The predicted molar refractivity (Wildman–Crippen MR) is 83.4 cm³/mol. The van der Waals surface area contributed by atoms with Crippen LogP contribution in [0.4, 0.5) is 0 Å². The predicted octanol–water partition coefficient (Wildman–Crippen LogP) is 3.76. The van der Waals surface area contributed by atoms with Crippen LogP contribution in [0, 0.1) is 0 Å². The van der Waals surface area contributed by atoms with Crippen molar-refractivity contribution in [3.63, 3.8) is 0 Å². The number of hydrogen-bond acceptors (Lipinski definition) is 3. The lowest BCUT2D eigenvalue weighted by Gasteiger charge is -2.11. The summed E-state index contributed by atoms with van der Waals surface area (Å²) in [5, 5.41) is 8.52. The third-order valence-electron chi connectivity index (χ3n) is 3.06. The summed E-state index contributed by atoms with van der Waals surface area (Å²) >= 11 is 7.04. The Balaban J connectivity index is 2.56. The normalized spacial score (nSPS) is 12.7. The van der Waals surface area contributed by atoms with Gasteiger partial charge in [-0.2, -0.15) is 0 Å². The largest absolute Gasteiger partial charge is 0.323 e. The van der Waals surface area contributed by atoms with Gasteiger partial charge in [-0.05, 0) is 47.0 Å². The van der Waals surface area contributed by atoms with Gasteiger partial charge in [0.2, 0.25) is 0 Å². The van der Waals surface area contributed by atoms with Gasteiger partial charge in [0, 0.05) is 8.95 Å². The van der Waals surface area contributed by atoms with Gasteiger partial charge < -0.3 is 5.73 Å². The first-order valence-corrected chi connectivity index (χ1v) is 7.82. The number of nitrogens with zero attached hydrogens (tertiary/aromatic N) is 3. The van der Waals surface area contributed by atoms with Gasteiger partial charge >= 0.3 is 0 Å². The Morgan fingerprint density at radius 3 is 2.68 bits per heavy atom. The molecule has 0 radical (unpaired) electrons. The van der Waals surface area contributed by atoms with E-state index in [9.17, 15) is 0 Å². The van der Waals surface area contributed by atoms with Crippen molar-refractivity contribution in [3.8, 4) is 5.69 Å². The average Bonchev–Trinajstić information content (AvgIpc) is 2.84. The summed E-state index contributed by atoms with van der Waals surface area (Å²) in [5.74, 6) is 0. The molecule has 2 aromatic rings. The molecule has 0 saturated carbocycles. The summed E-state index contributed by atoms with van der Waals surface area (Å²) in [7, 11) is 0. The molecule has 102 valence electrons. The lowest BCUT2D eigenvalue weighted by atomic mass is 10.1. The molecule has 1 heterocycles. The molecule has 2 N–H and O–H groups in total. The Labute approximate surface area is 129 Å². The minimum absolute atomic E-state index is 0.0605. The Morgan fingerprint density at radius 2 is 2.05 bits per heavy atom. The van der Waals surface area contributed by atoms with E-state index in [1.54, 1.807) is 0 Å². The van der Waals surface area contributed by atoms with Crippen molar-refractivity contribution < 1.29 is 0 Å². The Morgan fingerprint density at radius 1 is 1.32 bits per heavy atom. The molecule has 0 bridgehead atoms. The summed E-state index contributed by atoms with van der Waals surface area (Å²) in [6.07, 6.45) is 1.69. The van der Waals surface area contributed by atoms with E-state index in [4.69, 9.17) is 5.73 Å². The van der Waals surface area contributed by atoms with Crippen LogP contribution in [0.2, 0.25) is 0 Å². The van der Waals surface area contributed by atoms with Crippen molar-refractivity contribution in [1.82, 2.24) is 15.0 Å². The molecule has 0 aliphatic rings. The van der Waals surface area contributed by atoms with E-state index in [0.29, 0.717) is 0 Å². The quantitative estimate of drug-likeness (QED) is 0.868. The van der Waals surface area contributed by atoms with E-state index in [-0.39, 0.29) is 6.04 Å². The zero-order chi connectivity index (χ0) is 14.0. The molecule has 2 rings (SSSR count). The summed E-state index contributed by atoms with van der Waals surface area (Å²) < 4.78 is 3.84. The third kappa shape index (κ3) is 2.90. The summed E-state index contributed by atoms with van der Waals surface area (Å²) in [4.78, 5) is 0. The maximum atomic E-state index is 6.09. The van der Waals surface area contributed by atoms with Crippen LogP contribution in [0.5, 0.6) is 0 Å². The topological polar surface area (TPSA) is 56.7 Å². The van der Waals surface area contributed by atoms with E-state index in [0.717, 1.165) is 38.9 Å². The number of halogens is 2. The summed E-state index contributed by atoms with van der Waals surface area (Å²) in [6.45, 7) is 4.14. The second-order valence-electron chi connectivity index (χ2n) is 4.30. The number of nitrogens with two attached hydrogens (primary N) is 1. The second kappa shape index (κ2) is 6.15. The summed E-state index contributed by atoms with van der Waals surface area (Å²) in [6, 6.07) is 5.92. The van der Waals surface area contributed by atoms with Crippen molar-refractivity contribution in [2.75, 3.05) is 0 Å². The van der Waals surface area contributed by atoms with Crippen LogP contribution < -0.4 is 5.73 Å². The number of benzene rings is 1. The minimum atomic E-state index is -0.0605. The highest BCUT2D eigenvalue weighted by Gasteiger charge is 2.18.